The number of hydrogen-bond acceptors (Lipinski definition) is 4. The molecule has 0 unspecified atom stereocenters. The lowest BCUT2D eigenvalue weighted by molar-refractivity contribution is -0.124. The third-order valence-electron chi connectivity index (χ3n) is 2.99. The molecule has 0 aromatic carbocycles. The molecule has 0 radical (unpaired) electrons. The van der Waals surface area contributed by atoms with Crippen LogP contribution < -0.4 is 11.1 Å². The highest BCUT2D eigenvalue weighted by Crippen LogP contribution is 2.40. The first-order valence-corrected chi connectivity index (χ1v) is 4.74. The molecule has 5 heteroatoms. The minimum absolute atomic E-state index is 0.156. The molecule has 1 fully saturated rings. The van der Waals surface area contributed by atoms with Crippen molar-refractivity contribution in [2.24, 2.45) is 16.6 Å². The number of rotatable bonds is 0. The standard InChI is InChI=1S/C9H12N4O/c10-5-6-7(14)12-8(11)13-9(6)3-1-2-4-9/h6H,1-4H2,(H3,11,12,13,14)/t6-/m0/s1. The van der Waals surface area contributed by atoms with Gasteiger partial charge in [-0.1, -0.05) is 12.8 Å². The second-order valence-electron chi connectivity index (χ2n) is 3.86. The first kappa shape index (κ1) is 9.00. The highest BCUT2D eigenvalue weighted by Gasteiger charge is 2.48. The topological polar surface area (TPSA) is 91.3 Å². The summed E-state index contributed by atoms with van der Waals surface area (Å²) < 4.78 is 0. The summed E-state index contributed by atoms with van der Waals surface area (Å²) in [6.07, 6.45) is 3.61. The van der Waals surface area contributed by atoms with Crippen LogP contribution in [0.3, 0.4) is 0 Å². The number of amides is 1. The minimum atomic E-state index is -0.669. The van der Waals surface area contributed by atoms with Gasteiger partial charge in [0.15, 0.2) is 11.9 Å². The maximum atomic E-state index is 11.5. The van der Waals surface area contributed by atoms with E-state index in [4.69, 9.17) is 11.0 Å². The van der Waals surface area contributed by atoms with Gasteiger partial charge < -0.3 is 5.73 Å². The molecular weight excluding hydrogens is 180 g/mol. The van der Waals surface area contributed by atoms with E-state index in [-0.39, 0.29) is 11.9 Å². The van der Waals surface area contributed by atoms with Crippen molar-refractivity contribution in [3.63, 3.8) is 0 Å². The molecular formula is C9H12N4O. The predicted octanol–water partition coefficient (Wildman–Crippen LogP) is -0.117. The van der Waals surface area contributed by atoms with Crippen LogP contribution >= 0.6 is 0 Å². The largest absolute Gasteiger partial charge is 0.370 e. The average Bonchev–Trinajstić information content (AvgIpc) is 2.53. The number of nitrogens with zero attached hydrogens (tertiary/aromatic N) is 2. The second-order valence-corrected chi connectivity index (χ2v) is 3.86. The van der Waals surface area contributed by atoms with E-state index in [1.165, 1.54) is 0 Å². The molecule has 2 rings (SSSR count). The summed E-state index contributed by atoms with van der Waals surface area (Å²) >= 11 is 0. The average molecular weight is 192 g/mol. The van der Waals surface area contributed by atoms with Gasteiger partial charge in [0.05, 0.1) is 11.6 Å². The van der Waals surface area contributed by atoms with Crippen LogP contribution in [0.5, 0.6) is 0 Å². The number of nitrogens with two attached hydrogens (primary N) is 1. The molecule has 1 aliphatic heterocycles. The van der Waals surface area contributed by atoms with Crippen LogP contribution in [0.4, 0.5) is 0 Å². The van der Waals surface area contributed by atoms with Gasteiger partial charge in [-0.2, -0.15) is 5.26 Å². The molecule has 5 nitrogen and oxygen atoms in total. The number of guanidine groups is 1. The van der Waals surface area contributed by atoms with E-state index in [1.807, 2.05) is 6.07 Å². The molecule has 1 amide bonds. The molecule has 1 spiro atoms. The Labute approximate surface area is 82.0 Å². The van der Waals surface area contributed by atoms with Crippen molar-refractivity contribution in [1.82, 2.24) is 5.32 Å². The summed E-state index contributed by atoms with van der Waals surface area (Å²) in [5.41, 5.74) is 4.98. The SMILES string of the molecule is N#C[C@H]1C(=O)NC(N)=NC12CCCC2. The molecule has 74 valence electrons. The lowest BCUT2D eigenvalue weighted by atomic mass is 9.82. The number of nitrogens with one attached hydrogen (secondary N) is 1. The van der Waals surface area contributed by atoms with E-state index in [9.17, 15) is 4.79 Å². The van der Waals surface area contributed by atoms with Crippen LogP contribution in [0.1, 0.15) is 25.7 Å². The van der Waals surface area contributed by atoms with Crippen LogP contribution in [0, 0.1) is 17.2 Å². The minimum Gasteiger partial charge on any atom is -0.370 e. The van der Waals surface area contributed by atoms with Crippen LogP contribution in [-0.4, -0.2) is 17.4 Å². The molecule has 14 heavy (non-hydrogen) atoms. The monoisotopic (exact) mass is 192 g/mol. The van der Waals surface area contributed by atoms with Crippen molar-refractivity contribution in [1.29, 1.82) is 5.26 Å². The Hall–Kier alpha value is -1.57. The Balaban J connectivity index is 2.40. The van der Waals surface area contributed by atoms with Gasteiger partial charge in [0, 0.05) is 0 Å². The Bertz CT molecular complexity index is 335. The Kier molecular flexibility index (Phi) is 1.92. The van der Waals surface area contributed by atoms with Crippen LogP contribution in [0.2, 0.25) is 0 Å². The maximum absolute atomic E-state index is 11.5. The Morgan fingerprint density at radius 1 is 1.57 bits per heavy atom. The van der Waals surface area contributed by atoms with Crippen molar-refractivity contribution in [3.8, 4) is 6.07 Å². The summed E-state index contributed by atoms with van der Waals surface area (Å²) in [7, 11) is 0. The zero-order valence-corrected chi connectivity index (χ0v) is 7.79. The van der Waals surface area contributed by atoms with Gasteiger partial charge in [-0.3, -0.25) is 10.1 Å². The fraction of sp³-hybridized carbons (Fsp3) is 0.667. The maximum Gasteiger partial charge on any atom is 0.246 e. The van der Waals surface area contributed by atoms with Gasteiger partial charge in [-0.25, -0.2) is 4.99 Å². The Morgan fingerprint density at radius 3 is 2.79 bits per heavy atom. The number of aliphatic imine (C=N–C) groups is 1. The lowest BCUT2D eigenvalue weighted by Crippen LogP contribution is -2.54. The van der Waals surface area contributed by atoms with Crippen molar-refractivity contribution >= 4 is 11.9 Å². The smallest absolute Gasteiger partial charge is 0.246 e. The predicted molar refractivity (Wildman–Crippen MR) is 50.1 cm³/mol. The van der Waals surface area contributed by atoms with E-state index in [2.05, 4.69) is 10.3 Å². The fourth-order valence-corrected chi connectivity index (χ4v) is 2.34. The van der Waals surface area contributed by atoms with E-state index in [0.29, 0.717) is 0 Å². The van der Waals surface area contributed by atoms with Crippen molar-refractivity contribution < 1.29 is 4.79 Å². The van der Waals surface area contributed by atoms with Crippen LogP contribution in [0.15, 0.2) is 4.99 Å². The molecule has 3 N–H and O–H groups in total. The third kappa shape index (κ3) is 1.15. The summed E-state index contributed by atoms with van der Waals surface area (Å²) in [5.74, 6) is -0.817. The van der Waals surface area contributed by atoms with Gasteiger partial charge in [-0.05, 0) is 12.8 Å². The lowest BCUT2D eigenvalue weighted by Gasteiger charge is -2.32. The van der Waals surface area contributed by atoms with Crippen LogP contribution in [0.25, 0.3) is 0 Å². The van der Waals surface area contributed by atoms with Gasteiger partial charge >= 0.3 is 0 Å². The zero-order valence-electron chi connectivity index (χ0n) is 7.79. The van der Waals surface area contributed by atoms with E-state index >= 15 is 0 Å². The number of nitriles is 1. The molecule has 1 saturated carbocycles. The van der Waals surface area contributed by atoms with Gasteiger partial charge in [0.1, 0.15) is 0 Å². The van der Waals surface area contributed by atoms with Gasteiger partial charge in [-0.15, -0.1) is 0 Å². The molecule has 1 heterocycles. The summed E-state index contributed by atoms with van der Waals surface area (Å²) in [6, 6.07) is 2.03. The highest BCUT2D eigenvalue weighted by atomic mass is 16.2. The first-order chi connectivity index (χ1) is 6.68. The van der Waals surface area contributed by atoms with Crippen LogP contribution in [-0.2, 0) is 4.79 Å². The quantitative estimate of drug-likeness (QED) is 0.560. The number of hydrogen-bond donors (Lipinski definition) is 2. The second kappa shape index (κ2) is 2.98. The number of carbonyl (C=O) groups is 1. The number of carbonyl (C=O) groups excluding carboxylic acids is 1. The molecule has 0 bridgehead atoms. The summed E-state index contributed by atoms with van der Waals surface area (Å²) in [6.45, 7) is 0. The molecule has 0 saturated heterocycles. The van der Waals surface area contributed by atoms with Gasteiger partial charge in [0.25, 0.3) is 0 Å². The van der Waals surface area contributed by atoms with Crippen molar-refractivity contribution in [2.45, 2.75) is 31.2 Å². The molecule has 0 aromatic heterocycles. The van der Waals surface area contributed by atoms with Crippen molar-refractivity contribution in [2.75, 3.05) is 0 Å². The molecule has 1 atom stereocenters. The summed E-state index contributed by atoms with van der Waals surface area (Å²) in [5, 5.41) is 11.4. The third-order valence-corrected chi connectivity index (χ3v) is 2.99. The zero-order chi connectivity index (χ0) is 10.2. The van der Waals surface area contributed by atoms with E-state index < -0.39 is 11.5 Å². The van der Waals surface area contributed by atoms with E-state index in [0.717, 1.165) is 25.7 Å². The highest BCUT2D eigenvalue weighted by molar-refractivity contribution is 6.01. The summed E-state index contributed by atoms with van der Waals surface area (Å²) in [4.78, 5) is 15.8. The normalized spacial score (nSPS) is 29.5. The fourth-order valence-electron chi connectivity index (χ4n) is 2.34. The van der Waals surface area contributed by atoms with E-state index in [1.54, 1.807) is 0 Å². The molecule has 2 aliphatic rings. The molecule has 0 aromatic rings. The molecule has 1 aliphatic carbocycles. The van der Waals surface area contributed by atoms with Gasteiger partial charge in [0.2, 0.25) is 5.91 Å². The van der Waals surface area contributed by atoms with Crippen molar-refractivity contribution in [3.05, 3.63) is 0 Å². The Morgan fingerprint density at radius 2 is 2.21 bits per heavy atom. The first-order valence-electron chi connectivity index (χ1n) is 4.74.